The molecule has 5 aromatic rings. The Kier molecular flexibility index (Phi) is 3.12. The highest BCUT2D eigenvalue weighted by Gasteiger charge is 2.12. The van der Waals surface area contributed by atoms with Crippen LogP contribution in [0.15, 0.2) is 78.9 Å². The van der Waals surface area contributed by atoms with Crippen molar-refractivity contribution in [2.24, 2.45) is 0 Å². The molecular weight excluding hydrogens is 332 g/mol. The van der Waals surface area contributed by atoms with E-state index in [9.17, 15) is 0 Å². The summed E-state index contributed by atoms with van der Waals surface area (Å²) < 4.78 is 2.54. The van der Waals surface area contributed by atoms with E-state index in [1.807, 2.05) is 6.07 Å². The number of rotatable bonds is 1. The first-order chi connectivity index (χ1) is 11.8. The van der Waals surface area contributed by atoms with E-state index < -0.39 is 0 Å². The van der Waals surface area contributed by atoms with Gasteiger partial charge in [-0.15, -0.1) is 11.3 Å². The van der Waals surface area contributed by atoms with Gasteiger partial charge in [0.2, 0.25) is 0 Å². The third-order valence-corrected chi connectivity index (χ3v) is 5.89. The van der Waals surface area contributed by atoms with Crippen molar-refractivity contribution in [2.75, 3.05) is 0 Å². The van der Waals surface area contributed by atoms with Crippen LogP contribution < -0.4 is 0 Å². The molecule has 114 valence electrons. The fourth-order valence-electron chi connectivity index (χ4n) is 3.48. The lowest BCUT2D eigenvalue weighted by molar-refractivity contribution is 1.71. The van der Waals surface area contributed by atoms with E-state index in [2.05, 4.69) is 72.8 Å². The molecule has 0 spiro atoms. The van der Waals surface area contributed by atoms with Gasteiger partial charge in [-0.2, -0.15) is 0 Å². The van der Waals surface area contributed by atoms with Crippen molar-refractivity contribution in [3.8, 4) is 11.1 Å². The first kappa shape index (κ1) is 14.0. The van der Waals surface area contributed by atoms with Crippen LogP contribution in [0, 0.1) is 0 Å². The lowest BCUT2D eigenvalue weighted by Crippen LogP contribution is -1.82. The number of hydrogen-bond acceptors (Lipinski definition) is 1. The van der Waals surface area contributed by atoms with Crippen molar-refractivity contribution >= 4 is 53.9 Å². The van der Waals surface area contributed by atoms with Crippen LogP contribution in [-0.2, 0) is 0 Å². The Bertz CT molecular complexity index is 1210. The van der Waals surface area contributed by atoms with Gasteiger partial charge < -0.3 is 0 Å². The second-order valence-corrected chi connectivity index (χ2v) is 7.47. The van der Waals surface area contributed by atoms with E-state index in [4.69, 9.17) is 11.6 Å². The topological polar surface area (TPSA) is 0 Å². The van der Waals surface area contributed by atoms with E-state index in [1.54, 1.807) is 11.3 Å². The zero-order chi connectivity index (χ0) is 16.1. The maximum absolute atomic E-state index is 6.19. The zero-order valence-electron chi connectivity index (χ0n) is 12.8. The van der Waals surface area contributed by atoms with Crippen molar-refractivity contribution in [3.05, 3.63) is 83.9 Å². The number of thiophene rings is 1. The van der Waals surface area contributed by atoms with Crippen molar-refractivity contribution in [1.29, 1.82) is 0 Å². The lowest BCUT2D eigenvalue weighted by Gasteiger charge is -2.09. The summed E-state index contributed by atoms with van der Waals surface area (Å²) in [6.07, 6.45) is 0. The van der Waals surface area contributed by atoms with Gasteiger partial charge in [-0.1, -0.05) is 72.3 Å². The Labute approximate surface area is 148 Å². The molecule has 0 nitrogen and oxygen atoms in total. The van der Waals surface area contributed by atoms with Gasteiger partial charge in [0, 0.05) is 25.2 Å². The highest BCUT2D eigenvalue weighted by Crippen LogP contribution is 2.42. The summed E-state index contributed by atoms with van der Waals surface area (Å²) in [6, 6.07) is 27.9. The largest absolute Gasteiger partial charge is 0.135 e. The van der Waals surface area contributed by atoms with Gasteiger partial charge in [-0.25, -0.2) is 0 Å². The summed E-state index contributed by atoms with van der Waals surface area (Å²) in [4.78, 5) is 0. The summed E-state index contributed by atoms with van der Waals surface area (Å²) in [6.45, 7) is 0. The smallest absolute Gasteiger partial charge is 0.0420 e. The SMILES string of the molecule is Clc1ccc2c(c1)sc1cccc(-c3cccc4ccccc34)c12. The molecule has 0 atom stereocenters. The molecule has 0 saturated carbocycles. The molecular formula is C22H13ClS. The molecule has 0 bridgehead atoms. The van der Waals surface area contributed by atoms with Crippen LogP contribution >= 0.6 is 22.9 Å². The van der Waals surface area contributed by atoms with Crippen LogP contribution in [0.2, 0.25) is 5.02 Å². The predicted octanol–water partition coefficient (Wildman–Crippen LogP) is 7.53. The first-order valence-electron chi connectivity index (χ1n) is 7.90. The maximum atomic E-state index is 6.19. The van der Waals surface area contributed by atoms with E-state index in [0.29, 0.717) is 0 Å². The lowest BCUT2D eigenvalue weighted by atomic mass is 9.95. The fourth-order valence-corrected chi connectivity index (χ4v) is 4.89. The van der Waals surface area contributed by atoms with Gasteiger partial charge in [0.25, 0.3) is 0 Å². The molecule has 5 rings (SSSR count). The van der Waals surface area contributed by atoms with Crippen LogP contribution in [0.4, 0.5) is 0 Å². The minimum Gasteiger partial charge on any atom is -0.135 e. The molecule has 0 N–H and O–H groups in total. The van der Waals surface area contributed by atoms with Crippen molar-refractivity contribution in [2.45, 2.75) is 0 Å². The number of fused-ring (bicyclic) bond motifs is 4. The Morgan fingerprint density at radius 3 is 2.38 bits per heavy atom. The minimum absolute atomic E-state index is 0.792. The molecule has 0 aliphatic carbocycles. The molecule has 0 amide bonds. The van der Waals surface area contributed by atoms with E-state index >= 15 is 0 Å². The number of hydrogen-bond donors (Lipinski definition) is 0. The van der Waals surface area contributed by atoms with Crippen LogP contribution in [-0.4, -0.2) is 0 Å². The van der Waals surface area contributed by atoms with Gasteiger partial charge in [-0.05, 0) is 40.1 Å². The molecule has 24 heavy (non-hydrogen) atoms. The van der Waals surface area contributed by atoms with Crippen molar-refractivity contribution < 1.29 is 0 Å². The first-order valence-corrected chi connectivity index (χ1v) is 9.10. The molecule has 0 aliphatic heterocycles. The molecule has 2 heteroatoms. The normalized spacial score (nSPS) is 11.5. The molecule has 0 radical (unpaired) electrons. The van der Waals surface area contributed by atoms with Gasteiger partial charge in [-0.3, -0.25) is 0 Å². The van der Waals surface area contributed by atoms with Crippen LogP contribution in [0.1, 0.15) is 0 Å². The quantitative estimate of drug-likeness (QED) is 0.295. The molecule has 0 saturated heterocycles. The third-order valence-electron chi connectivity index (χ3n) is 4.54. The molecule has 0 unspecified atom stereocenters. The number of benzene rings is 4. The van der Waals surface area contributed by atoms with Gasteiger partial charge in [0.05, 0.1) is 0 Å². The minimum atomic E-state index is 0.792. The average Bonchev–Trinajstić information content (AvgIpc) is 2.98. The van der Waals surface area contributed by atoms with Gasteiger partial charge >= 0.3 is 0 Å². The zero-order valence-corrected chi connectivity index (χ0v) is 14.4. The summed E-state index contributed by atoms with van der Waals surface area (Å²) in [5, 5.41) is 5.96. The summed E-state index contributed by atoms with van der Waals surface area (Å²) in [5.41, 5.74) is 2.58. The second-order valence-electron chi connectivity index (χ2n) is 5.95. The monoisotopic (exact) mass is 344 g/mol. The van der Waals surface area contributed by atoms with E-state index in [1.165, 1.54) is 42.1 Å². The Hall–Kier alpha value is -2.35. The fraction of sp³-hybridized carbons (Fsp3) is 0. The third kappa shape index (κ3) is 2.06. The Morgan fingerprint density at radius 2 is 1.42 bits per heavy atom. The molecule has 0 aliphatic rings. The van der Waals surface area contributed by atoms with Crippen molar-refractivity contribution in [3.63, 3.8) is 0 Å². The standard InChI is InChI=1S/C22H13ClS/c23-15-11-12-19-21(13-15)24-20-10-4-9-18(22(19)20)17-8-3-6-14-5-1-2-7-16(14)17/h1-13H. The summed E-state index contributed by atoms with van der Waals surface area (Å²) in [7, 11) is 0. The molecule has 0 fully saturated rings. The van der Waals surface area contributed by atoms with Crippen LogP contribution in [0.5, 0.6) is 0 Å². The van der Waals surface area contributed by atoms with Gasteiger partial charge in [0.1, 0.15) is 0 Å². The van der Waals surface area contributed by atoms with Crippen LogP contribution in [0.25, 0.3) is 42.1 Å². The van der Waals surface area contributed by atoms with Gasteiger partial charge in [0.15, 0.2) is 0 Å². The highest BCUT2D eigenvalue weighted by atomic mass is 35.5. The highest BCUT2D eigenvalue weighted by molar-refractivity contribution is 7.26. The Morgan fingerprint density at radius 1 is 0.625 bits per heavy atom. The molecule has 1 heterocycles. The number of halogens is 1. The average molecular weight is 345 g/mol. The van der Waals surface area contributed by atoms with E-state index in [0.717, 1.165) is 5.02 Å². The second kappa shape index (κ2) is 5.34. The summed E-state index contributed by atoms with van der Waals surface area (Å²) in [5.74, 6) is 0. The molecule has 1 aromatic heterocycles. The van der Waals surface area contributed by atoms with Crippen LogP contribution in [0.3, 0.4) is 0 Å². The maximum Gasteiger partial charge on any atom is 0.0420 e. The molecule has 4 aromatic carbocycles. The Balaban J connectivity index is 1.94. The van der Waals surface area contributed by atoms with E-state index in [-0.39, 0.29) is 0 Å². The van der Waals surface area contributed by atoms with Crippen molar-refractivity contribution in [1.82, 2.24) is 0 Å². The summed E-state index contributed by atoms with van der Waals surface area (Å²) >= 11 is 7.99. The predicted molar refractivity (Wildman–Crippen MR) is 107 cm³/mol.